The minimum Gasteiger partial charge on any atom is -0.480 e. The maximum Gasteiger partial charge on any atom is 0.266 e. The molecule has 4 nitrogen and oxygen atoms in total. The Morgan fingerprint density at radius 2 is 2.07 bits per heavy atom. The smallest absolute Gasteiger partial charge is 0.266 e. The number of likely N-dealkylation sites (N-methyl/N-ethyl adjacent to an activating group) is 1. The second-order valence-electron chi connectivity index (χ2n) is 5.71. The topological polar surface area (TPSA) is 41.9 Å². The predicted molar refractivity (Wildman–Crippen MR) is 115 cm³/mol. The number of halogens is 2. The molecule has 1 aliphatic heterocycles. The number of aliphatic imine (C=N–C) groups is 1. The Morgan fingerprint density at radius 1 is 1.32 bits per heavy atom. The van der Waals surface area contributed by atoms with Crippen LogP contribution in [0.3, 0.4) is 0 Å². The zero-order chi connectivity index (χ0) is 20.1. The van der Waals surface area contributed by atoms with Crippen molar-refractivity contribution in [2.24, 2.45) is 4.99 Å². The van der Waals surface area contributed by atoms with Crippen molar-refractivity contribution in [1.29, 1.82) is 0 Å². The normalized spacial score (nSPS) is 16.6. The van der Waals surface area contributed by atoms with Crippen LogP contribution in [0.1, 0.15) is 12.5 Å². The SMILES string of the molecule is C#CCOc1ccc(/C=C2/SC(=Nc3ccc(F)cc3)N(CC)C2=O)cc1Br. The number of ether oxygens (including phenoxy) is 1. The molecular weight excluding hydrogens is 443 g/mol. The van der Waals surface area contributed by atoms with Gasteiger partial charge in [0, 0.05) is 6.54 Å². The lowest BCUT2D eigenvalue weighted by molar-refractivity contribution is -0.122. The number of thioether (sulfide) groups is 1. The number of rotatable bonds is 5. The maximum absolute atomic E-state index is 13.1. The van der Waals surface area contributed by atoms with Crippen LogP contribution in [0.15, 0.2) is 56.8 Å². The summed E-state index contributed by atoms with van der Waals surface area (Å²) in [6.07, 6.45) is 7.01. The van der Waals surface area contributed by atoms with E-state index in [1.165, 1.54) is 23.9 Å². The highest BCUT2D eigenvalue weighted by Gasteiger charge is 2.32. The quantitative estimate of drug-likeness (QED) is 0.455. The first kappa shape index (κ1) is 20.2. The Bertz CT molecular complexity index is 996. The Labute approximate surface area is 175 Å². The second kappa shape index (κ2) is 9.09. The molecule has 2 aromatic rings. The van der Waals surface area contributed by atoms with Crippen LogP contribution in [0.25, 0.3) is 6.08 Å². The standard InChI is InChI=1S/C21H16BrFN2O2S/c1-3-11-27-18-10-5-14(12-17(18)22)13-19-20(26)25(4-2)21(28-19)24-16-8-6-15(23)7-9-16/h1,5-10,12-13H,4,11H2,2H3/b19-13+,24-21?. The van der Waals surface area contributed by atoms with Gasteiger partial charge in [-0.1, -0.05) is 12.0 Å². The summed E-state index contributed by atoms with van der Waals surface area (Å²) in [5, 5.41) is 0.568. The molecule has 0 bridgehead atoms. The van der Waals surface area contributed by atoms with Gasteiger partial charge in [-0.05, 0) is 82.7 Å². The fraction of sp³-hybridized carbons (Fsp3) is 0.143. The minimum absolute atomic E-state index is 0.114. The molecule has 3 rings (SSSR count). The molecule has 7 heteroatoms. The average Bonchev–Trinajstić information content (AvgIpc) is 2.97. The van der Waals surface area contributed by atoms with E-state index >= 15 is 0 Å². The Hall–Kier alpha value is -2.56. The van der Waals surface area contributed by atoms with Crippen LogP contribution in [0.4, 0.5) is 10.1 Å². The second-order valence-corrected chi connectivity index (χ2v) is 7.58. The summed E-state index contributed by atoms with van der Waals surface area (Å²) < 4.78 is 19.3. The number of amides is 1. The molecule has 0 aromatic heterocycles. The van der Waals surface area contributed by atoms with Gasteiger partial charge in [0.15, 0.2) is 5.17 Å². The number of hydrogen-bond acceptors (Lipinski definition) is 4. The van der Waals surface area contributed by atoms with E-state index in [4.69, 9.17) is 11.2 Å². The molecule has 1 fully saturated rings. The summed E-state index contributed by atoms with van der Waals surface area (Å²) in [7, 11) is 0. The van der Waals surface area contributed by atoms with E-state index < -0.39 is 0 Å². The maximum atomic E-state index is 13.1. The largest absolute Gasteiger partial charge is 0.480 e. The van der Waals surface area contributed by atoms with Crippen molar-refractivity contribution in [2.75, 3.05) is 13.2 Å². The summed E-state index contributed by atoms with van der Waals surface area (Å²) in [4.78, 5) is 19.4. The van der Waals surface area contributed by atoms with Gasteiger partial charge in [-0.2, -0.15) is 0 Å². The number of amidine groups is 1. The number of terminal acetylenes is 1. The summed E-state index contributed by atoms with van der Waals surface area (Å²) in [5.41, 5.74) is 1.43. The Morgan fingerprint density at radius 3 is 2.71 bits per heavy atom. The predicted octanol–water partition coefficient (Wildman–Crippen LogP) is 5.22. The van der Waals surface area contributed by atoms with E-state index in [-0.39, 0.29) is 18.3 Å². The molecule has 0 spiro atoms. The zero-order valence-corrected chi connectivity index (χ0v) is 17.4. The van der Waals surface area contributed by atoms with E-state index in [0.29, 0.717) is 28.1 Å². The van der Waals surface area contributed by atoms with Gasteiger partial charge in [-0.15, -0.1) is 6.42 Å². The first-order valence-corrected chi connectivity index (χ1v) is 10.0. The molecule has 142 valence electrons. The van der Waals surface area contributed by atoms with Crippen LogP contribution in [-0.4, -0.2) is 29.1 Å². The molecule has 1 saturated heterocycles. The molecule has 28 heavy (non-hydrogen) atoms. The lowest BCUT2D eigenvalue weighted by Crippen LogP contribution is -2.28. The lowest BCUT2D eigenvalue weighted by atomic mass is 10.2. The van der Waals surface area contributed by atoms with Crippen LogP contribution in [0, 0.1) is 18.2 Å². The van der Waals surface area contributed by atoms with Crippen molar-refractivity contribution >= 4 is 50.5 Å². The molecule has 0 saturated carbocycles. The fourth-order valence-corrected chi connectivity index (χ4v) is 4.06. The van der Waals surface area contributed by atoms with Crippen molar-refractivity contribution < 1.29 is 13.9 Å². The summed E-state index contributed by atoms with van der Waals surface area (Å²) >= 11 is 4.74. The van der Waals surface area contributed by atoms with E-state index in [1.54, 1.807) is 29.2 Å². The molecule has 0 radical (unpaired) electrons. The van der Waals surface area contributed by atoms with Gasteiger partial charge in [0.1, 0.15) is 18.2 Å². The number of benzene rings is 2. The average molecular weight is 459 g/mol. The molecule has 0 N–H and O–H groups in total. The number of carbonyl (C=O) groups excluding carboxylic acids is 1. The molecule has 0 atom stereocenters. The number of hydrogen-bond donors (Lipinski definition) is 0. The highest BCUT2D eigenvalue weighted by atomic mass is 79.9. The molecule has 1 heterocycles. The van der Waals surface area contributed by atoms with Gasteiger partial charge >= 0.3 is 0 Å². The third kappa shape index (κ3) is 4.64. The van der Waals surface area contributed by atoms with Crippen LogP contribution in [0.5, 0.6) is 5.75 Å². The minimum atomic E-state index is -0.327. The Balaban J connectivity index is 1.86. The highest BCUT2D eigenvalue weighted by Crippen LogP contribution is 2.35. The zero-order valence-electron chi connectivity index (χ0n) is 15.0. The number of carbonyl (C=O) groups is 1. The molecular formula is C21H16BrFN2O2S. The van der Waals surface area contributed by atoms with Crippen molar-refractivity contribution in [3.05, 3.63) is 63.2 Å². The monoisotopic (exact) mass is 458 g/mol. The summed E-state index contributed by atoms with van der Waals surface area (Å²) in [6.45, 7) is 2.56. The molecule has 0 aliphatic carbocycles. The molecule has 0 unspecified atom stereocenters. The van der Waals surface area contributed by atoms with Gasteiger partial charge in [-0.3, -0.25) is 9.69 Å². The van der Waals surface area contributed by atoms with Gasteiger partial charge in [0.2, 0.25) is 0 Å². The first-order chi connectivity index (χ1) is 13.5. The molecule has 1 amide bonds. The van der Waals surface area contributed by atoms with Crippen molar-refractivity contribution in [3.8, 4) is 18.1 Å². The van der Waals surface area contributed by atoms with Gasteiger partial charge in [0.05, 0.1) is 15.1 Å². The van der Waals surface area contributed by atoms with Crippen molar-refractivity contribution in [1.82, 2.24) is 4.90 Å². The summed E-state index contributed by atoms with van der Waals surface area (Å²) in [5.74, 6) is 2.62. The van der Waals surface area contributed by atoms with Crippen LogP contribution in [-0.2, 0) is 4.79 Å². The van der Waals surface area contributed by atoms with E-state index in [2.05, 4.69) is 26.8 Å². The van der Waals surface area contributed by atoms with Gasteiger partial charge in [0.25, 0.3) is 5.91 Å². The first-order valence-electron chi connectivity index (χ1n) is 8.43. The third-order valence-electron chi connectivity index (χ3n) is 3.82. The van der Waals surface area contributed by atoms with E-state index in [9.17, 15) is 9.18 Å². The molecule has 1 aliphatic rings. The van der Waals surface area contributed by atoms with Crippen LogP contribution in [0.2, 0.25) is 0 Å². The van der Waals surface area contributed by atoms with Gasteiger partial charge in [-0.25, -0.2) is 9.38 Å². The van der Waals surface area contributed by atoms with E-state index in [0.717, 1.165) is 10.0 Å². The van der Waals surface area contributed by atoms with Gasteiger partial charge < -0.3 is 4.74 Å². The Kier molecular flexibility index (Phi) is 6.55. The van der Waals surface area contributed by atoms with Crippen molar-refractivity contribution in [2.45, 2.75) is 6.92 Å². The fourth-order valence-electron chi connectivity index (χ4n) is 2.49. The van der Waals surface area contributed by atoms with Crippen molar-refractivity contribution in [3.63, 3.8) is 0 Å². The number of nitrogens with zero attached hydrogens (tertiary/aromatic N) is 2. The third-order valence-corrected chi connectivity index (χ3v) is 5.45. The highest BCUT2D eigenvalue weighted by molar-refractivity contribution is 9.10. The lowest BCUT2D eigenvalue weighted by Gasteiger charge is -2.11. The van der Waals surface area contributed by atoms with E-state index in [1.807, 2.05) is 19.1 Å². The molecule has 2 aromatic carbocycles. The summed E-state index contributed by atoms with van der Waals surface area (Å²) in [6, 6.07) is 11.3. The van der Waals surface area contributed by atoms with Crippen LogP contribution >= 0.6 is 27.7 Å². The van der Waals surface area contributed by atoms with Crippen LogP contribution < -0.4 is 4.74 Å².